The summed E-state index contributed by atoms with van der Waals surface area (Å²) in [6.07, 6.45) is -0.213. The molecule has 0 fully saturated rings. The summed E-state index contributed by atoms with van der Waals surface area (Å²) in [6, 6.07) is 5.60. The van der Waals surface area contributed by atoms with Crippen molar-refractivity contribution in [1.29, 1.82) is 0 Å². The monoisotopic (exact) mass is 377 g/mol. The summed E-state index contributed by atoms with van der Waals surface area (Å²) in [6.45, 7) is 4.41. The van der Waals surface area contributed by atoms with Crippen LogP contribution in [0.4, 0.5) is 0 Å². The molecule has 0 aliphatic heterocycles. The lowest BCUT2D eigenvalue weighted by molar-refractivity contribution is -0.166. The molecule has 0 amide bonds. The Morgan fingerprint density at radius 2 is 1.71 bits per heavy atom. The second kappa shape index (κ2) is 8.46. The van der Waals surface area contributed by atoms with E-state index in [0.717, 1.165) is 0 Å². The number of carbonyl (C=O) groups is 2. The van der Waals surface area contributed by atoms with Crippen LogP contribution in [0.15, 0.2) is 29.2 Å². The van der Waals surface area contributed by atoms with Gasteiger partial charge in [0.05, 0.1) is 11.3 Å². The zero-order valence-electron chi connectivity index (χ0n) is 13.7. The molecule has 0 saturated heterocycles. The van der Waals surface area contributed by atoms with Crippen LogP contribution in [0.5, 0.6) is 0 Å². The first kappa shape index (κ1) is 20.4. The fourth-order valence-corrected chi connectivity index (χ4v) is 2.72. The number of ether oxygens (including phenoxy) is 2. The predicted molar refractivity (Wildman–Crippen MR) is 88.1 cm³/mol. The molecule has 0 radical (unpaired) electrons. The normalized spacial score (nSPS) is 11.8. The van der Waals surface area contributed by atoms with E-state index in [2.05, 4.69) is 4.72 Å². The molecule has 0 spiro atoms. The number of sulfonamides is 1. The molecule has 0 heterocycles. The van der Waals surface area contributed by atoms with Gasteiger partial charge in [-0.1, -0.05) is 11.6 Å². The lowest BCUT2D eigenvalue weighted by atomic mass is 10.2. The van der Waals surface area contributed by atoms with Gasteiger partial charge in [0.15, 0.2) is 6.61 Å². The fourth-order valence-electron chi connectivity index (χ4n) is 1.57. The number of halogens is 1. The van der Waals surface area contributed by atoms with E-state index in [1.54, 1.807) is 20.8 Å². The van der Waals surface area contributed by atoms with Gasteiger partial charge in [-0.05, 0) is 45.0 Å². The van der Waals surface area contributed by atoms with Gasteiger partial charge in [-0.2, -0.15) is 0 Å². The van der Waals surface area contributed by atoms with Crippen LogP contribution in [0, 0.1) is 0 Å². The lowest BCUT2D eigenvalue weighted by Crippen LogP contribution is -2.29. The number of benzene rings is 1. The lowest BCUT2D eigenvalue weighted by Gasteiger charge is -2.19. The average Bonchev–Trinajstić information content (AvgIpc) is 2.43. The Morgan fingerprint density at radius 1 is 1.12 bits per heavy atom. The molecule has 24 heavy (non-hydrogen) atoms. The van der Waals surface area contributed by atoms with E-state index < -0.39 is 34.2 Å². The van der Waals surface area contributed by atoms with E-state index in [9.17, 15) is 18.0 Å². The molecule has 1 aromatic carbocycles. The summed E-state index contributed by atoms with van der Waals surface area (Å²) >= 11 is 5.69. The summed E-state index contributed by atoms with van der Waals surface area (Å²) in [4.78, 5) is 22.9. The molecule has 0 unspecified atom stereocenters. The number of hydrogen-bond donors (Lipinski definition) is 1. The highest BCUT2D eigenvalue weighted by molar-refractivity contribution is 7.89. The molecule has 7 nitrogen and oxygen atoms in total. The Kier molecular flexibility index (Phi) is 7.19. The Morgan fingerprint density at radius 3 is 2.25 bits per heavy atom. The van der Waals surface area contributed by atoms with E-state index in [1.807, 2.05) is 0 Å². The molecule has 0 bridgehead atoms. The van der Waals surface area contributed by atoms with E-state index in [-0.39, 0.29) is 17.9 Å². The second-order valence-corrected chi connectivity index (χ2v) is 8.05. The average molecular weight is 378 g/mol. The zero-order valence-corrected chi connectivity index (χ0v) is 15.2. The van der Waals surface area contributed by atoms with Crippen LogP contribution in [0.25, 0.3) is 0 Å². The molecule has 1 N–H and O–H groups in total. The molecule has 1 aromatic rings. The number of rotatable bonds is 7. The van der Waals surface area contributed by atoms with E-state index in [4.69, 9.17) is 21.1 Å². The van der Waals surface area contributed by atoms with Crippen molar-refractivity contribution in [1.82, 2.24) is 4.72 Å². The van der Waals surface area contributed by atoms with Crippen LogP contribution >= 0.6 is 11.6 Å². The molecule has 0 aliphatic carbocycles. The van der Waals surface area contributed by atoms with Gasteiger partial charge in [0.25, 0.3) is 0 Å². The Bertz CT molecular complexity index is 679. The van der Waals surface area contributed by atoms with Gasteiger partial charge in [0, 0.05) is 11.6 Å². The fraction of sp³-hybridized carbons (Fsp3) is 0.467. The van der Waals surface area contributed by atoms with Gasteiger partial charge >= 0.3 is 11.9 Å². The molecule has 0 aromatic heterocycles. The van der Waals surface area contributed by atoms with E-state index >= 15 is 0 Å². The van der Waals surface area contributed by atoms with Crippen molar-refractivity contribution in [2.24, 2.45) is 0 Å². The Labute approximate surface area is 146 Å². The smallest absolute Gasteiger partial charge is 0.344 e. The largest absolute Gasteiger partial charge is 0.457 e. The molecular formula is C15H20ClNO6S. The van der Waals surface area contributed by atoms with Crippen molar-refractivity contribution in [2.45, 2.75) is 37.7 Å². The van der Waals surface area contributed by atoms with Crippen LogP contribution in [0.2, 0.25) is 5.02 Å². The van der Waals surface area contributed by atoms with Crippen LogP contribution < -0.4 is 4.72 Å². The SMILES string of the molecule is CC(C)(C)OC(=O)COC(=O)CCNS(=O)(=O)c1ccc(Cl)cc1. The standard InChI is InChI=1S/C15H20ClNO6S/c1-15(2,3)23-14(19)10-22-13(18)8-9-17-24(20,21)12-6-4-11(16)5-7-12/h4-7,17H,8-10H2,1-3H3. The second-order valence-electron chi connectivity index (χ2n) is 5.85. The molecular weight excluding hydrogens is 358 g/mol. The third-order valence-electron chi connectivity index (χ3n) is 2.52. The van der Waals surface area contributed by atoms with Crippen LogP contribution in [-0.2, 0) is 29.1 Å². The molecule has 9 heteroatoms. The van der Waals surface area contributed by atoms with Gasteiger partial charge in [-0.3, -0.25) is 4.79 Å². The maximum Gasteiger partial charge on any atom is 0.344 e. The van der Waals surface area contributed by atoms with Gasteiger partial charge in [-0.15, -0.1) is 0 Å². The number of nitrogens with one attached hydrogen (secondary N) is 1. The van der Waals surface area contributed by atoms with Crippen molar-refractivity contribution in [3.63, 3.8) is 0 Å². The summed E-state index contributed by atoms with van der Waals surface area (Å²) in [5.41, 5.74) is -0.669. The third kappa shape index (κ3) is 7.76. The first-order valence-corrected chi connectivity index (χ1v) is 8.98. The first-order chi connectivity index (χ1) is 11.0. The molecule has 134 valence electrons. The minimum absolute atomic E-state index is 0.0361. The molecule has 1 rings (SSSR count). The van der Waals surface area contributed by atoms with E-state index in [0.29, 0.717) is 5.02 Å². The summed E-state index contributed by atoms with van der Waals surface area (Å²) in [7, 11) is -3.74. The topological polar surface area (TPSA) is 98.8 Å². The minimum Gasteiger partial charge on any atom is -0.457 e. The highest BCUT2D eigenvalue weighted by atomic mass is 35.5. The quantitative estimate of drug-likeness (QED) is 0.728. The van der Waals surface area contributed by atoms with Crippen molar-refractivity contribution < 1.29 is 27.5 Å². The van der Waals surface area contributed by atoms with Crippen LogP contribution in [0.1, 0.15) is 27.2 Å². The Hall–Kier alpha value is -1.64. The van der Waals surface area contributed by atoms with Gasteiger partial charge in [-0.25, -0.2) is 17.9 Å². The first-order valence-electron chi connectivity index (χ1n) is 7.12. The van der Waals surface area contributed by atoms with Gasteiger partial charge < -0.3 is 9.47 Å². The van der Waals surface area contributed by atoms with Crippen molar-refractivity contribution in [3.05, 3.63) is 29.3 Å². The van der Waals surface area contributed by atoms with Crippen molar-refractivity contribution in [3.8, 4) is 0 Å². The number of carbonyl (C=O) groups excluding carboxylic acids is 2. The predicted octanol–water partition coefficient (Wildman–Crippen LogP) is 1.89. The molecule has 0 aliphatic rings. The highest BCUT2D eigenvalue weighted by Gasteiger charge is 2.18. The summed E-state index contributed by atoms with van der Waals surface area (Å²) in [5, 5.41) is 0.416. The maximum absolute atomic E-state index is 12.0. The van der Waals surface area contributed by atoms with Crippen molar-refractivity contribution >= 4 is 33.6 Å². The van der Waals surface area contributed by atoms with Crippen LogP contribution in [-0.4, -0.2) is 39.1 Å². The summed E-state index contributed by atoms with van der Waals surface area (Å²) in [5.74, 6) is -1.38. The molecule has 0 atom stereocenters. The van der Waals surface area contributed by atoms with Gasteiger partial charge in [0.1, 0.15) is 5.60 Å². The minimum atomic E-state index is -3.74. The number of esters is 2. The zero-order chi connectivity index (χ0) is 18.4. The third-order valence-corrected chi connectivity index (χ3v) is 4.25. The van der Waals surface area contributed by atoms with E-state index in [1.165, 1.54) is 24.3 Å². The molecule has 0 saturated carbocycles. The summed E-state index contributed by atoms with van der Waals surface area (Å²) < 4.78 is 35.9. The van der Waals surface area contributed by atoms with Crippen LogP contribution in [0.3, 0.4) is 0 Å². The van der Waals surface area contributed by atoms with Gasteiger partial charge in [0.2, 0.25) is 10.0 Å². The van der Waals surface area contributed by atoms with Crippen molar-refractivity contribution in [2.75, 3.05) is 13.2 Å². The Balaban J connectivity index is 2.37. The maximum atomic E-state index is 12.0. The number of hydrogen-bond acceptors (Lipinski definition) is 6. The highest BCUT2D eigenvalue weighted by Crippen LogP contribution is 2.13.